The lowest BCUT2D eigenvalue weighted by molar-refractivity contribution is 0.0612. The Labute approximate surface area is 142 Å². The maximum absolute atomic E-state index is 11.9. The number of nitrogens with zero attached hydrogens (tertiary/aromatic N) is 3. The zero-order valence-electron chi connectivity index (χ0n) is 13.9. The van der Waals surface area contributed by atoms with Gasteiger partial charge in [0.15, 0.2) is 5.75 Å². The fourth-order valence-electron chi connectivity index (χ4n) is 2.74. The summed E-state index contributed by atoms with van der Waals surface area (Å²) in [6.45, 7) is 7.25. The smallest absolute Gasteiger partial charge is 0.410 e. The van der Waals surface area contributed by atoms with Crippen LogP contribution in [0.1, 0.15) is 40.0 Å². The Morgan fingerprint density at radius 3 is 2.48 bits per heavy atom. The fourth-order valence-corrected chi connectivity index (χ4v) is 2.84. The summed E-state index contributed by atoms with van der Waals surface area (Å²) in [6.07, 6.45) is 5.83. The molecule has 6 nitrogen and oxygen atoms in total. The van der Waals surface area contributed by atoms with Crippen molar-refractivity contribution < 1.29 is 14.3 Å². The number of likely N-dealkylation sites (tertiary alicyclic amines) is 1. The van der Waals surface area contributed by atoms with Crippen LogP contribution in [-0.2, 0) is 4.74 Å². The highest BCUT2D eigenvalue weighted by atomic mass is 35.5. The molecule has 23 heavy (non-hydrogen) atoms. The highest BCUT2D eigenvalue weighted by Crippen LogP contribution is 2.24. The van der Waals surface area contributed by atoms with Crippen LogP contribution in [0.5, 0.6) is 5.75 Å². The van der Waals surface area contributed by atoms with Gasteiger partial charge in [0.05, 0.1) is 24.6 Å². The first-order valence-corrected chi connectivity index (χ1v) is 8.41. The molecule has 0 radical (unpaired) electrons. The third-order valence-electron chi connectivity index (χ3n) is 3.81. The van der Waals surface area contributed by atoms with Gasteiger partial charge in [-0.25, -0.2) is 14.8 Å². The molecule has 2 rings (SSSR count). The molecular weight excluding hydrogens is 318 g/mol. The number of amides is 1. The SMILES string of the molecule is CC(C)OC(=O)N1CCC(CC(C)Oc2cnc(Cl)nc2)CC1. The van der Waals surface area contributed by atoms with Crippen molar-refractivity contribution in [3.8, 4) is 5.75 Å². The van der Waals surface area contributed by atoms with Crippen molar-refractivity contribution >= 4 is 17.7 Å². The van der Waals surface area contributed by atoms with Gasteiger partial charge in [-0.15, -0.1) is 0 Å². The molecule has 1 fully saturated rings. The van der Waals surface area contributed by atoms with Crippen molar-refractivity contribution in [1.29, 1.82) is 0 Å². The minimum atomic E-state index is -0.207. The van der Waals surface area contributed by atoms with Gasteiger partial charge >= 0.3 is 6.09 Å². The molecule has 1 saturated heterocycles. The predicted octanol–water partition coefficient (Wildman–Crippen LogP) is 3.54. The van der Waals surface area contributed by atoms with E-state index in [1.165, 1.54) is 0 Å². The second-order valence-corrected chi connectivity index (χ2v) is 6.55. The minimum absolute atomic E-state index is 0.0685. The van der Waals surface area contributed by atoms with Crippen LogP contribution in [0.25, 0.3) is 0 Å². The van der Waals surface area contributed by atoms with Gasteiger partial charge in [0.25, 0.3) is 0 Å². The number of aromatic nitrogens is 2. The predicted molar refractivity (Wildman–Crippen MR) is 87.7 cm³/mol. The molecule has 0 bridgehead atoms. The zero-order valence-corrected chi connectivity index (χ0v) is 14.6. The molecule has 1 aliphatic heterocycles. The first-order chi connectivity index (χ1) is 10.9. The molecule has 7 heteroatoms. The van der Waals surface area contributed by atoms with Gasteiger partial charge in [-0.3, -0.25) is 0 Å². The number of piperidine rings is 1. The zero-order chi connectivity index (χ0) is 16.8. The summed E-state index contributed by atoms with van der Waals surface area (Å²) in [5, 5.41) is 0.214. The number of ether oxygens (including phenoxy) is 2. The molecule has 1 aromatic heterocycles. The lowest BCUT2D eigenvalue weighted by atomic mass is 9.91. The highest BCUT2D eigenvalue weighted by molar-refractivity contribution is 6.28. The van der Waals surface area contributed by atoms with E-state index in [4.69, 9.17) is 21.1 Å². The maximum Gasteiger partial charge on any atom is 0.410 e. The lowest BCUT2D eigenvalue weighted by Gasteiger charge is -2.32. The Morgan fingerprint density at radius 2 is 1.91 bits per heavy atom. The average molecular weight is 342 g/mol. The molecule has 0 saturated carbocycles. The molecule has 128 valence electrons. The second-order valence-electron chi connectivity index (χ2n) is 6.21. The molecule has 1 amide bonds. The van der Waals surface area contributed by atoms with Gasteiger partial charge in [0.1, 0.15) is 0 Å². The van der Waals surface area contributed by atoms with Crippen LogP contribution < -0.4 is 4.74 Å². The van der Waals surface area contributed by atoms with Crippen LogP contribution >= 0.6 is 11.6 Å². The molecule has 1 aliphatic rings. The maximum atomic E-state index is 11.9. The number of carbonyl (C=O) groups excluding carboxylic acids is 1. The number of hydrogen-bond donors (Lipinski definition) is 0. The van der Waals surface area contributed by atoms with Crippen LogP contribution in [0.4, 0.5) is 4.79 Å². The Kier molecular flexibility index (Phi) is 6.45. The molecule has 0 aliphatic carbocycles. The first kappa shape index (κ1) is 17.8. The van der Waals surface area contributed by atoms with Crippen LogP contribution in [0.3, 0.4) is 0 Å². The number of halogens is 1. The number of rotatable bonds is 5. The average Bonchev–Trinajstić information content (AvgIpc) is 2.49. The first-order valence-electron chi connectivity index (χ1n) is 8.03. The summed E-state index contributed by atoms with van der Waals surface area (Å²) in [4.78, 5) is 21.5. The fraction of sp³-hybridized carbons (Fsp3) is 0.688. The largest absolute Gasteiger partial charge is 0.487 e. The standard InChI is InChI=1S/C16H24ClN3O3/c1-11(2)22-16(21)20-6-4-13(5-7-20)8-12(3)23-14-9-18-15(17)19-10-14/h9-13H,4-8H2,1-3H3. The second kappa shape index (κ2) is 8.34. The van der Waals surface area contributed by atoms with Gasteiger partial charge in [-0.2, -0.15) is 0 Å². The topological polar surface area (TPSA) is 64.5 Å². The van der Waals surface area contributed by atoms with Crippen molar-refractivity contribution in [3.05, 3.63) is 17.7 Å². The van der Waals surface area contributed by atoms with E-state index in [1.54, 1.807) is 17.3 Å². The van der Waals surface area contributed by atoms with Gasteiger partial charge in [0.2, 0.25) is 5.28 Å². The number of carbonyl (C=O) groups is 1. The monoisotopic (exact) mass is 341 g/mol. The molecule has 1 atom stereocenters. The van der Waals surface area contributed by atoms with Crippen molar-refractivity contribution in [3.63, 3.8) is 0 Å². The van der Waals surface area contributed by atoms with E-state index < -0.39 is 0 Å². The normalized spacial score (nSPS) is 17.2. The van der Waals surface area contributed by atoms with E-state index in [1.807, 2.05) is 20.8 Å². The van der Waals surface area contributed by atoms with Gasteiger partial charge < -0.3 is 14.4 Å². The van der Waals surface area contributed by atoms with Crippen LogP contribution in [-0.4, -0.2) is 46.3 Å². The highest BCUT2D eigenvalue weighted by Gasteiger charge is 2.25. The lowest BCUT2D eigenvalue weighted by Crippen LogP contribution is -2.40. The Hall–Kier alpha value is -1.56. The van der Waals surface area contributed by atoms with Crippen LogP contribution in [0, 0.1) is 5.92 Å². The molecule has 0 aromatic carbocycles. The Balaban J connectivity index is 1.73. The van der Waals surface area contributed by atoms with E-state index in [2.05, 4.69) is 9.97 Å². The van der Waals surface area contributed by atoms with Crippen LogP contribution in [0.15, 0.2) is 12.4 Å². The summed E-state index contributed by atoms with van der Waals surface area (Å²) in [5.41, 5.74) is 0. The van der Waals surface area contributed by atoms with Gasteiger partial charge in [-0.05, 0) is 57.6 Å². The molecule has 1 unspecified atom stereocenters. The van der Waals surface area contributed by atoms with E-state index in [0.717, 1.165) is 32.4 Å². The van der Waals surface area contributed by atoms with Crippen molar-refractivity contribution in [2.24, 2.45) is 5.92 Å². The Bertz CT molecular complexity index is 502. The van der Waals surface area contributed by atoms with Gasteiger partial charge in [0, 0.05) is 13.1 Å². The van der Waals surface area contributed by atoms with Gasteiger partial charge in [-0.1, -0.05) is 0 Å². The summed E-state index contributed by atoms with van der Waals surface area (Å²) in [7, 11) is 0. The van der Waals surface area contributed by atoms with E-state index in [-0.39, 0.29) is 23.6 Å². The molecule has 2 heterocycles. The van der Waals surface area contributed by atoms with E-state index in [0.29, 0.717) is 11.7 Å². The van der Waals surface area contributed by atoms with Crippen molar-refractivity contribution in [2.45, 2.75) is 52.2 Å². The summed E-state index contributed by atoms with van der Waals surface area (Å²) in [6, 6.07) is 0. The third kappa shape index (κ3) is 5.86. The van der Waals surface area contributed by atoms with E-state index >= 15 is 0 Å². The van der Waals surface area contributed by atoms with E-state index in [9.17, 15) is 4.79 Å². The van der Waals surface area contributed by atoms with Crippen molar-refractivity contribution in [2.75, 3.05) is 13.1 Å². The number of hydrogen-bond acceptors (Lipinski definition) is 5. The summed E-state index contributed by atoms with van der Waals surface area (Å²) >= 11 is 5.65. The van der Waals surface area contributed by atoms with Crippen LogP contribution in [0.2, 0.25) is 5.28 Å². The third-order valence-corrected chi connectivity index (χ3v) is 4.00. The molecular formula is C16H24ClN3O3. The summed E-state index contributed by atoms with van der Waals surface area (Å²) in [5.74, 6) is 1.17. The molecule has 1 aromatic rings. The molecule has 0 N–H and O–H groups in total. The quantitative estimate of drug-likeness (QED) is 0.766. The summed E-state index contributed by atoms with van der Waals surface area (Å²) < 4.78 is 11.0. The minimum Gasteiger partial charge on any atom is -0.487 e. The Morgan fingerprint density at radius 1 is 1.30 bits per heavy atom. The van der Waals surface area contributed by atoms with Crippen molar-refractivity contribution in [1.82, 2.24) is 14.9 Å². The molecule has 0 spiro atoms.